The summed E-state index contributed by atoms with van der Waals surface area (Å²) in [5.74, 6) is 0. The number of hydrogen-bond donors (Lipinski definition) is 3. The second-order valence-electron chi connectivity index (χ2n) is 1.12. The molecule has 0 heterocycles. The SMILES string of the molecule is COC(O)C(N)O. The third-order valence-electron chi connectivity index (χ3n) is 0.534. The highest BCUT2D eigenvalue weighted by Crippen LogP contribution is 1.82. The van der Waals surface area contributed by atoms with E-state index >= 15 is 0 Å². The van der Waals surface area contributed by atoms with Crippen LogP contribution in [0.1, 0.15) is 0 Å². The van der Waals surface area contributed by atoms with E-state index in [1.807, 2.05) is 0 Å². The molecule has 0 bridgehead atoms. The molecule has 0 saturated carbocycles. The lowest BCUT2D eigenvalue weighted by Crippen LogP contribution is -2.35. The van der Waals surface area contributed by atoms with Crippen LogP contribution in [-0.4, -0.2) is 29.8 Å². The van der Waals surface area contributed by atoms with E-state index in [-0.39, 0.29) is 0 Å². The minimum atomic E-state index is -1.30. The molecule has 0 aliphatic rings. The Morgan fingerprint density at radius 2 is 2.00 bits per heavy atom. The quantitative estimate of drug-likeness (QED) is 0.365. The molecule has 0 aliphatic heterocycles. The zero-order valence-corrected chi connectivity index (χ0v) is 4.03. The summed E-state index contributed by atoms with van der Waals surface area (Å²) in [7, 11) is 1.25. The van der Waals surface area contributed by atoms with Gasteiger partial charge >= 0.3 is 0 Å². The number of ether oxygens (including phenoxy) is 1. The summed E-state index contributed by atoms with van der Waals surface area (Å²) in [5.41, 5.74) is 4.73. The molecule has 0 rings (SSSR count). The summed E-state index contributed by atoms with van der Waals surface area (Å²) < 4.78 is 4.19. The van der Waals surface area contributed by atoms with Crippen LogP contribution in [0.2, 0.25) is 0 Å². The smallest absolute Gasteiger partial charge is 0.194 e. The van der Waals surface area contributed by atoms with Crippen molar-refractivity contribution in [2.75, 3.05) is 7.11 Å². The molecule has 2 unspecified atom stereocenters. The van der Waals surface area contributed by atoms with Crippen molar-refractivity contribution in [1.29, 1.82) is 0 Å². The van der Waals surface area contributed by atoms with Crippen LogP contribution in [0.25, 0.3) is 0 Å². The Labute approximate surface area is 41.5 Å². The van der Waals surface area contributed by atoms with Crippen LogP contribution in [0.4, 0.5) is 0 Å². The van der Waals surface area contributed by atoms with Gasteiger partial charge in [0.05, 0.1) is 0 Å². The van der Waals surface area contributed by atoms with Gasteiger partial charge in [-0.1, -0.05) is 0 Å². The second-order valence-corrected chi connectivity index (χ2v) is 1.12. The monoisotopic (exact) mass is 107 g/mol. The van der Waals surface area contributed by atoms with Crippen LogP contribution in [0.5, 0.6) is 0 Å². The van der Waals surface area contributed by atoms with Crippen LogP contribution in [0, 0.1) is 0 Å². The molecule has 7 heavy (non-hydrogen) atoms. The second kappa shape index (κ2) is 2.92. The minimum Gasteiger partial charge on any atom is -0.373 e. The highest BCUT2D eigenvalue weighted by atomic mass is 16.6. The van der Waals surface area contributed by atoms with Gasteiger partial charge in [0.1, 0.15) is 0 Å². The number of rotatable bonds is 2. The van der Waals surface area contributed by atoms with Crippen LogP contribution >= 0.6 is 0 Å². The Bertz CT molecular complexity index is 47.4. The van der Waals surface area contributed by atoms with Gasteiger partial charge in [0, 0.05) is 7.11 Å². The van der Waals surface area contributed by atoms with Gasteiger partial charge in [-0.15, -0.1) is 0 Å². The van der Waals surface area contributed by atoms with E-state index in [9.17, 15) is 0 Å². The molecular weight excluding hydrogens is 98.0 g/mol. The van der Waals surface area contributed by atoms with Crippen LogP contribution in [0.15, 0.2) is 0 Å². The first-order valence-electron chi connectivity index (χ1n) is 1.83. The van der Waals surface area contributed by atoms with Gasteiger partial charge < -0.3 is 20.7 Å². The van der Waals surface area contributed by atoms with Crippen LogP contribution in [0.3, 0.4) is 0 Å². The first-order valence-corrected chi connectivity index (χ1v) is 1.83. The maximum absolute atomic E-state index is 8.34. The highest BCUT2D eigenvalue weighted by Gasteiger charge is 2.06. The summed E-state index contributed by atoms with van der Waals surface area (Å²) in [5, 5.41) is 16.6. The molecule has 4 heteroatoms. The zero-order valence-electron chi connectivity index (χ0n) is 4.03. The summed E-state index contributed by atoms with van der Waals surface area (Å²) in [6, 6.07) is 0. The largest absolute Gasteiger partial charge is 0.373 e. The lowest BCUT2D eigenvalue weighted by Gasteiger charge is -2.09. The van der Waals surface area contributed by atoms with E-state index in [1.54, 1.807) is 0 Å². The molecule has 0 saturated heterocycles. The first-order chi connectivity index (χ1) is 3.18. The van der Waals surface area contributed by atoms with Crippen molar-refractivity contribution in [3.8, 4) is 0 Å². The van der Waals surface area contributed by atoms with Gasteiger partial charge in [-0.3, -0.25) is 0 Å². The third kappa shape index (κ3) is 2.52. The Morgan fingerprint density at radius 1 is 1.57 bits per heavy atom. The van der Waals surface area contributed by atoms with Crippen LogP contribution < -0.4 is 5.73 Å². The van der Waals surface area contributed by atoms with E-state index < -0.39 is 12.5 Å². The van der Waals surface area contributed by atoms with E-state index in [2.05, 4.69) is 4.74 Å². The normalized spacial score (nSPS) is 18.9. The van der Waals surface area contributed by atoms with Crippen molar-refractivity contribution in [2.24, 2.45) is 5.73 Å². The minimum absolute atomic E-state index is 1.25. The molecule has 0 spiro atoms. The predicted molar refractivity (Wildman–Crippen MR) is 23.2 cm³/mol. The molecule has 4 N–H and O–H groups in total. The van der Waals surface area contributed by atoms with Gasteiger partial charge in [0.15, 0.2) is 12.5 Å². The average molecular weight is 107 g/mol. The van der Waals surface area contributed by atoms with Crippen molar-refractivity contribution < 1.29 is 14.9 Å². The van der Waals surface area contributed by atoms with Crippen molar-refractivity contribution >= 4 is 0 Å². The van der Waals surface area contributed by atoms with Gasteiger partial charge in [0.25, 0.3) is 0 Å². The third-order valence-corrected chi connectivity index (χ3v) is 0.534. The molecule has 0 aliphatic carbocycles. The number of hydrogen-bond acceptors (Lipinski definition) is 4. The van der Waals surface area contributed by atoms with Gasteiger partial charge in [-0.2, -0.15) is 0 Å². The maximum atomic E-state index is 8.34. The molecule has 0 radical (unpaired) electrons. The van der Waals surface area contributed by atoms with Gasteiger partial charge in [-0.05, 0) is 0 Å². The predicted octanol–water partition coefficient (Wildman–Crippen LogP) is -1.77. The van der Waals surface area contributed by atoms with Crippen molar-refractivity contribution in [3.05, 3.63) is 0 Å². The topological polar surface area (TPSA) is 75.7 Å². The van der Waals surface area contributed by atoms with E-state index in [0.717, 1.165) is 0 Å². The lowest BCUT2D eigenvalue weighted by molar-refractivity contribution is -0.141. The van der Waals surface area contributed by atoms with Crippen LogP contribution in [-0.2, 0) is 4.74 Å². The van der Waals surface area contributed by atoms with Crippen molar-refractivity contribution in [3.63, 3.8) is 0 Å². The van der Waals surface area contributed by atoms with E-state index in [1.165, 1.54) is 7.11 Å². The van der Waals surface area contributed by atoms with E-state index in [4.69, 9.17) is 15.9 Å². The number of nitrogens with two attached hydrogens (primary N) is 1. The van der Waals surface area contributed by atoms with Crippen molar-refractivity contribution in [1.82, 2.24) is 0 Å². The molecule has 0 fully saturated rings. The molecule has 0 aromatic heterocycles. The Balaban J connectivity index is 3.14. The molecule has 0 aromatic rings. The number of methoxy groups -OCH3 is 1. The fourth-order valence-electron chi connectivity index (χ4n) is 0.139. The maximum Gasteiger partial charge on any atom is 0.194 e. The van der Waals surface area contributed by atoms with Crippen molar-refractivity contribution in [2.45, 2.75) is 12.5 Å². The summed E-state index contributed by atoms with van der Waals surface area (Å²) in [6.45, 7) is 0. The molecular formula is C3H9NO3. The number of aliphatic hydroxyl groups is 2. The van der Waals surface area contributed by atoms with Gasteiger partial charge in [-0.25, -0.2) is 0 Å². The molecule has 0 amide bonds. The Morgan fingerprint density at radius 3 is 2.00 bits per heavy atom. The fourth-order valence-corrected chi connectivity index (χ4v) is 0.139. The molecule has 44 valence electrons. The van der Waals surface area contributed by atoms with Gasteiger partial charge in [0.2, 0.25) is 0 Å². The number of aliphatic hydroxyl groups excluding tert-OH is 2. The summed E-state index contributed by atoms with van der Waals surface area (Å²) >= 11 is 0. The Hall–Kier alpha value is -0.160. The van der Waals surface area contributed by atoms with E-state index in [0.29, 0.717) is 0 Å². The molecule has 4 nitrogen and oxygen atoms in total. The fraction of sp³-hybridized carbons (Fsp3) is 1.00. The Kier molecular flexibility index (Phi) is 2.86. The molecule has 0 aromatic carbocycles. The first kappa shape index (κ1) is 6.84. The highest BCUT2D eigenvalue weighted by molar-refractivity contribution is 4.43. The average Bonchev–Trinajstić information content (AvgIpc) is 1.65. The molecule has 2 atom stereocenters. The zero-order chi connectivity index (χ0) is 5.86. The summed E-state index contributed by atoms with van der Waals surface area (Å²) in [6.07, 6.45) is -2.56. The summed E-state index contributed by atoms with van der Waals surface area (Å²) in [4.78, 5) is 0. The standard InChI is InChI=1S/C3H9NO3/c1-7-3(6)2(4)5/h2-3,5-6H,4H2,1H3. The lowest BCUT2D eigenvalue weighted by atomic mass is 10.6.